The number of rotatable bonds is 6. The van der Waals surface area contributed by atoms with Crippen LogP contribution in [-0.4, -0.2) is 31.0 Å². The lowest BCUT2D eigenvalue weighted by molar-refractivity contribution is -0.147. The van der Waals surface area contributed by atoms with Crippen LogP contribution in [0.5, 0.6) is 0 Å². The Morgan fingerprint density at radius 2 is 2.07 bits per heavy atom. The molecule has 2 unspecified atom stereocenters. The fourth-order valence-corrected chi connectivity index (χ4v) is 2.84. The minimum atomic E-state index is -2.88. The van der Waals surface area contributed by atoms with Gasteiger partial charge in [0, 0.05) is 5.75 Å². The highest BCUT2D eigenvalue weighted by molar-refractivity contribution is 7.91. The Bertz CT molecular complexity index is 320. The predicted molar refractivity (Wildman–Crippen MR) is 57.4 cm³/mol. The quantitative estimate of drug-likeness (QED) is 0.752. The molecule has 0 aromatic carbocycles. The lowest BCUT2D eigenvalue weighted by Gasteiger charge is -2.33. The third kappa shape index (κ3) is 3.48. The summed E-state index contributed by atoms with van der Waals surface area (Å²) in [6.07, 6.45) is 3.02. The number of carboxylic acids is 1. The van der Waals surface area contributed by atoms with E-state index in [1.54, 1.807) is 6.92 Å². The van der Waals surface area contributed by atoms with E-state index in [1.165, 1.54) is 0 Å². The van der Waals surface area contributed by atoms with Crippen molar-refractivity contribution in [3.8, 4) is 0 Å². The van der Waals surface area contributed by atoms with E-state index >= 15 is 0 Å². The van der Waals surface area contributed by atoms with Gasteiger partial charge >= 0.3 is 5.97 Å². The Labute approximate surface area is 90.6 Å². The average Bonchev–Trinajstić information content (AvgIpc) is 2.09. The summed E-state index contributed by atoms with van der Waals surface area (Å²) in [4.78, 5) is 10.7. The van der Waals surface area contributed by atoms with Crippen LogP contribution in [0.15, 0.2) is 0 Å². The topological polar surface area (TPSA) is 71.4 Å². The molecule has 0 radical (unpaired) electrons. The van der Waals surface area contributed by atoms with Gasteiger partial charge in [0.2, 0.25) is 0 Å². The lowest BCUT2D eigenvalue weighted by atomic mass is 9.71. The zero-order chi connectivity index (χ0) is 11.5. The molecule has 1 aliphatic carbocycles. The molecule has 0 aromatic rings. The number of hydrogen-bond acceptors (Lipinski definition) is 3. The van der Waals surface area contributed by atoms with Crippen molar-refractivity contribution >= 4 is 15.8 Å². The molecule has 1 saturated carbocycles. The fraction of sp³-hybridized carbons (Fsp3) is 0.900. The summed E-state index contributed by atoms with van der Waals surface area (Å²) in [6, 6.07) is 0. The second-order valence-corrected chi connectivity index (χ2v) is 6.63. The lowest BCUT2D eigenvalue weighted by Crippen LogP contribution is -2.33. The normalized spacial score (nSPS) is 25.9. The first-order valence-corrected chi connectivity index (χ1v) is 7.21. The highest BCUT2D eigenvalue weighted by atomic mass is 32.2. The maximum atomic E-state index is 11.2. The molecule has 1 rings (SSSR count). The van der Waals surface area contributed by atoms with Crippen LogP contribution < -0.4 is 0 Å². The molecule has 5 heteroatoms. The van der Waals surface area contributed by atoms with Crippen molar-refractivity contribution in [2.45, 2.75) is 32.6 Å². The minimum Gasteiger partial charge on any atom is -0.481 e. The molecule has 0 bridgehead atoms. The van der Waals surface area contributed by atoms with Gasteiger partial charge in [-0.1, -0.05) is 6.92 Å². The number of hydrogen-bond donors (Lipinski definition) is 1. The van der Waals surface area contributed by atoms with Crippen LogP contribution in [0.25, 0.3) is 0 Å². The monoisotopic (exact) mass is 234 g/mol. The Morgan fingerprint density at radius 1 is 1.40 bits per heavy atom. The van der Waals surface area contributed by atoms with Crippen LogP contribution in [0.3, 0.4) is 0 Å². The van der Waals surface area contributed by atoms with E-state index < -0.39 is 15.8 Å². The summed E-state index contributed by atoms with van der Waals surface area (Å²) in [5, 5.41) is 8.79. The molecule has 1 N–H and O–H groups in total. The third-order valence-corrected chi connectivity index (χ3v) is 5.00. The Morgan fingerprint density at radius 3 is 2.47 bits per heavy atom. The van der Waals surface area contributed by atoms with Crippen molar-refractivity contribution in [1.29, 1.82) is 0 Å². The van der Waals surface area contributed by atoms with Crippen LogP contribution in [0, 0.1) is 11.8 Å². The molecule has 1 fully saturated rings. The molecular weight excluding hydrogens is 216 g/mol. The highest BCUT2D eigenvalue weighted by Crippen LogP contribution is 2.37. The summed E-state index contributed by atoms with van der Waals surface area (Å²) >= 11 is 0. The van der Waals surface area contributed by atoms with Gasteiger partial charge in [-0.2, -0.15) is 0 Å². The zero-order valence-corrected chi connectivity index (χ0v) is 9.79. The van der Waals surface area contributed by atoms with Gasteiger partial charge in [-0.25, -0.2) is 8.42 Å². The molecule has 0 amide bonds. The van der Waals surface area contributed by atoms with Gasteiger partial charge in [0.25, 0.3) is 0 Å². The molecule has 4 nitrogen and oxygen atoms in total. The Balaban J connectivity index is 2.24. The first-order valence-electron chi connectivity index (χ1n) is 5.39. The molecule has 2 atom stereocenters. The van der Waals surface area contributed by atoms with E-state index in [1.807, 2.05) is 0 Å². The number of carboxylic acid groups (broad SMARTS) is 1. The van der Waals surface area contributed by atoms with Gasteiger partial charge in [0.1, 0.15) is 9.84 Å². The molecule has 0 aliphatic heterocycles. The summed E-state index contributed by atoms with van der Waals surface area (Å²) < 4.78 is 22.4. The smallest absolute Gasteiger partial charge is 0.306 e. The van der Waals surface area contributed by atoms with Gasteiger partial charge in [-0.05, 0) is 31.6 Å². The minimum absolute atomic E-state index is 0.181. The second-order valence-electron chi connectivity index (χ2n) is 4.16. The van der Waals surface area contributed by atoms with Crippen LogP contribution in [0.4, 0.5) is 0 Å². The molecule has 88 valence electrons. The zero-order valence-electron chi connectivity index (χ0n) is 8.98. The Hall–Kier alpha value is -0.580. The SMILES string of the molecule is CCS(=O)(=O)CCCC1CCC1C(=O)O. The van der Waals surface area contributed by atoms with Gasteiger partial charge < -0.3 is 5.11 Å². The maximum Gasteiger partial charge on any atom is 0.306 e. The summed E-state index contributed by atoms with van der Waals surface area (Å²) in [6.45, 7) is 1.64. The average molecular weight is 234 g/mol. The van der Waals surface area contributed by atoms with Crippen LogP contribution >= 0.6 is 0 Å². The van der Waals surface area contributed by atoms with E-state index in [-0.39, 0.29) is 23.3 Å². The number of aliphatic carboxylic acids is 1. The van der Waals surface area contributed by atoms with Gasteiger partial charge in [-0.3, -0.25) is 4.79 Å². The first kappa shape index (κ1) is 12.5. The predicted octanol–water partition coefficient (Wildman–Crippen LogP) is 1.31. The Kier molecular flexibility index (Phi) is 4.13. The van der Waals surface area contributed by atoms with Crippen molar-refractivity contribution in [3.63, 3.8) is 0 Å². The molecule has 0 spiro atoms. The van der Waals surface area contributed by atoms with Crippen molar-refractivity contribution in [2.24, 2.45) is 11.8 Å². The number of sulfone groups is 1. The van der Waals surface area contributed by atoms with Gasteiger partial charge in [0.15, 0.2) is 0 Å². The van der Waals surface area contributed by atoms with Crippen LogP contribution in [0.2, 0.25) is 0 Å². The van der Waals surface area contributed by atoms with Gasteiger partial charge in [0.05, 0.1) is 11.7 Å². The van der Waals surface area contributed by atoms with E-state index in [0.717, 1.165) is 19.3 Å². The highest BCUT2D eigenvalue weighted by Gasteiger charge is 2.35. The summed E-state index contributed by atoms with van der Waals surface area (Å²) in [5.74, 6) is -0.375. The first-order chi connectivity index (χ1) is 6.96. The standard InChI is InChI=1S/C10H18O4S/c1-2-15(13,14)7-3-4-8-5-6-9(8)10(11)12/h8-9H,2-7H2,1H3,(H,11,12). The fourth-order valence-electron chi connectivity index (χ4n) is 1.95. The van der Waals surface area contributed by atoms with E-state index in [2.05, 4.69) is 0 Å². The number of carbonyl (C=O) groups is 1. The summed E-state index contributed by atoms with van der Waals surface area (Å²) in [7, 11) is -2.88. The van der Waals surface area contributed by atoms with Crippen molar-refractivity contribution in [3.05, 3.63) is 0 Å². The van der Waals surface area contributed by atoms with Gasteiger partial charge in [-0.15, -0.1) is 0 Å². The molecule has 1 aliphatic rings. The molecule has 15 heavy (non-hydrogen) atoms. The molecule has 0 heterocycles. The third-order valence-electron chi connectivity index (χ3n) is 3.20. The van der Waals surface area contributed by atoms with Crippen molar-refractivity contribution in [1.82, 2.24) is 0 Å². The van der Waals surface area contributed by atoms with Crippen LogP contribution in [-0.2, 0) is 14.6 Å². The van der Waals surface area contributed by atoms with Crippen molar-refractivity contribution in [2.75, 3.05) is 11.5 Å². The molecular formula is C10H18O4S. The largest absolute Gasteiger partial charge is 0.481 e. The maximum absolute atomic E-state index is 11.2. The van der Waals surface area contributed by atoms with E-state index in [9.17, 15) is 13.2 Å². The molecule has 0 saturated heterocycles. The van der Waals surface area contributed by atoms with Crippen LogP contribution in [0.1, 0.15) is 32.6 Å². The van der Waals surface area contributed by atoms with E-state index in [4.69, 9.17) is 5.11 Å². The summed E-state index contributed by atoms with van der Waals surface area (Å²) in [5.41, 5.74) is 0. The van der Waals surface area contributed by atoms with E-state index in [0.29, 0.717) is 6.42 Å². The second kappa shape index (κ2) is 4.96. The van der Waals surface area contributed by atoms with Crippen molar-refractivity contribution < 1.29 is 18.3 Å². The molecule has 0 aromatic heterocycles.